The highest BCUT2D eigenvalue weighted by atomic mass is 35.5. The third kappa shape index (κ3) is 2.01. The number of imide groups is 1. The first-order valence-electron chi connectivity index (χ1n) is 5.50. The molecule has 0 aromatic heterocycles. The van der Waals surface area contributed by atoms with E-state index in [-0.39, 0.29) is 12.5 Å². The summed E-state index contributed by atoms with van der Waals surface area (Å²) in [4.78, 5) is 24.9. The Bertz CT molecular complexity index is 508. The second-order valence-electron chi connectivity index (χ2n) is 4.75. The second kappa shape index (κ2) is 4.17. The molecule has 1 heterocycles. The van der Waals surface area contributed by atoms with Gasteiger partial charge < -0.3 is 11.1 Å². The van der Waals surface area contributed by atoms with Gasteiger partial charge in [-0.05, 0) is 26.0 Å². The van der Waals surface area contributed by atoms with Gasteiger partial charge in [-0.1, -0.05) is 17.7 Å². The summed E-state index contributed by atoms with van der Waals surface area (Å²) in [6.07, 6.45) is 0. The molecule has 0 unspecified atom stereocenters. The van der Waals surface area contributed by atoms with E-state index >= 15 is 0 Å². The lowest BCUT2D eigenvalue weighted by Gasteiger charge is -2.17. The van der Waals surface area contributed by atoms with E-state index in [4.69, 9.17) is 17.3 Å². The zero-order valence-corrected chi connectivity index (χ0v) is 10.9. The number of nitrogens with zero attached hydrogens (tertiary/aromatic N) is 1. The predicted molar refractivity (Wildman–Crippen MR) is 69.0 cm³/mol. The number of carbonyl (C=O) groups excluding carboxylic acids is 2. The van der Waals surface area contributed by atoms with E-state index in [0.29, 0.717) is 16.3 Å². The van der Waals surface area contributed by atoms with Crippen molar-refractivity contribution in [3.8, 4) is 0 Å². The van der Waals surface area contributed by atoms with Gasteiger partial charge in [0.2, 0.25) is 0 Å². The number of nitrogens with two attached hydrogens (primary N) is 1. The Balaban J connectivity index is 2.30. The summed E-state index contributed by atoms with van der Waals surface area (Å²) in [6.45, 7) is 3.39. The number of hydrogen-bond donors (Lipinski definition) is 2. The minimum Gasteiger partial charge on any atom is -0.398 e. The van der Waals surface area contributed by atoms with Crippen molar-refractivity contribution in [2.45, 2.75) is 25.9 Å². The zero-order valence-electron chi connectivity index (χ0n) is 10.2. The number of carbonyl (C=O) groups is 2. The third-order valence-corrected chi connectivity index (χ3v) is 3.27. The number of hydrogen-bond acceptors (Lipinski definition) is 3. The summed E-state index contributed by atoms with van der Waals surface area (Å²) < 4.78 is 0. The molecule has 5 nitrogen and oxygen atoms in total. The van der Waals surface area contributed by atoms with Crippen LogP contribution in [0.2, 0.25) is 5.02 Å². The Hall–Kier alpha value is -1.75. The standard InChI is InChI=1S/C12H14ClN3O2/c1-12(2)10(17)16(11(18)15-12)6-7-8(13)4-3-5-9(7)14/h3-5H,6,14H2,1-2H3,(H,15,18). The highest BCUT2D eigenvalue weighted by Crippen LogP contribution is 2.26. The van der Waals surface area contributed by atoms with Crippen LogP contribution in [0.5, 0.6) is 0 Å². The van der Waals surface area contributed by atoms with Gasteiger partial charge in [-0.3, -0.25) is 9.69 Å². The smallest absolute Gasteiger partial charge is 0.325 e. The molecule has 1 aliphatic rings. The lowest BCUT2D eigenvalue weighted by atomic mass is 10.1. The lowest BCUT2D eigenvalue weighted by molar-refractivity contribution is -0.130. The van der Waals surface area contributed by atoms with E-state index in [1.54, 1.807) is 32.0 Å². The first-order chi connectivity index (χ1) is 8.33. The molecule has 0 bridgehead atoms. The number of urea groups is 1. The predicted octanol–water partition coefficient (Wildman–Crippen LogP) is 1.75. The van der Waals surface area contributed by atoms with Gasteiger partial charge in [0.1, 0.15) is 5.54 Å². The Labute approximate surface area is 110 Å². The van der Waals surface area contributed by atoms with Crippen LogP contribution in [0, 0.1) is 0 Å². The van der Waals surface area contributed by atoms with E-state index in [2.05, 4.69) is 5.32 Å². The molecule has 3 amide bonds. The fraction of sp³-hybridized carbons (Fsp3) is 0.333. The van der Waals surface area contributed by atoms with Gasteiger partial charge in [-0.25, -0.2) is 4.79 Å². The quantitative estimate of drug-likeness (QED) is 0.633. The van der Waals surface area contributed by atoms with Gasteiger partial charge in [0, 0.05) is 16.3 Å². The van der Waals surface area contributed by atoms with Crippen molar-refractivity contribution >= 4 is 29.2 Å². The van der Waals surface area contributed by atoms with Crippen LogP contribution in [0.3, 0.4) is 0 Å². The van der Waals surface area contributed by atoms with Crippen LogP contribution < -0.4 is 11.1 Å². The first kappa shape index (κ1) is 12.7. The molecule has 0 radical (unpaired) electrons. The van der Waals surface area contributed by atoms with Crippen molar-refractivity contribution in [1.29, 1.82) is 0 Å². The molecule has 6 heteroatoms. The van der Waals surface area contributed by atoms with Gasteiger partial charge >= 0.3 is 6.03 Å². The van der Waals surface area contributed by atoms with Crippen molar-refractivity contribution in [2.75, 3.05) is 5.73 Å². The maximum Gasteiger partial charge on any atom is 0.325 e. The number of halogens is 1. The highest BCUT2D eigenvalue weighted by Gasteiger charge is 2.44. The topological polar surface area (TPSA) is 75.4 Å². The number of rotatable bonds is 2. The fourth-order valence-corrected chi connectivity index (χ4v) is 2.10. The van der Waals surface area contributed by atoms with E-state index in [1.165, 1.54) is 0 Å². The molecule has 3 N–H and O–H groups in total. The van der Waals surface area contributed by atoms with Gasteiger partial charge in [0.25, 0.3) is 5.91 Å². The molecule has 0 spiro atoms. The van der Waals surface area contributed by atoms with Crippen LogP contribution >= 0.6 is 11.6 Å². The van der Waals surface area contributed by atoms with E-state index < -0.39 is 11.6 Å². The van der Waals surface area contributed by atoms with Crippen molar-refractivity contribution in [2.24, 2.45) is 0 Å². The molecule has 1 fully saturated rings. The number of nitrogen functional groups attached to an aromatic ring is 1. The summed E-state index contributed by atoms with van der Waals surface area (Å²) in [7, 11) is 0. The zero-order chi connectivity index (χ0) is 13.5. The summed E-state index contributed by atoms with van der Waals surface area (Å²) >= 11 is 6.02. The molecular formula is C12H14ClN3O2. The van der Waals surface area contributed by atoms with Crippen molar-refractivity contribution in [3.63, 3.8) is 0 Å². The van der Waals surface area contributed by atoms with Gasteiger partial charge in [0.05, 0.1) is 6.54 Å². The average molecular weight is 268 g/mol. The molecule has 0 saturated carbocycles. The molecule has 1 aromatic carbocycles. The first-order valence-corrected chi connectivity index (χ1v) is 5.87. The van der Waals surface area contributed by atoms with Crippen LogP contribution in [-0.4, -0.2) is 22.4 Å². The van der Waals surface area contributed by atoms with Crippen LogP contribution in [-0.2, 0) is 11.3 Å². The third-order valence-electron chi connectivity index (χ3n) is 2.92. The molecular weight excluding hydrogens is 254 g/mol. The molecule has 0 atom stereocenters. The normalized spacial score (nSPS) is 18.1. The Morgan fingerprint density at radius 2 is 2.06 bits per heavy atom. The van der Waals surface area contributed by atoms with Crippen molar-refractivity contribution in [1.82, 2.24) is 10.2 Å². The molecule has 96 valence electrons. The van der Waals surface area contributed by atoms with Gasteiger partial charge in [0.15, 0.2) is 0 Å². The highest BCUT2D eigenvalue weighted by molar-refractivity contribution is 6.31. The largest absolute Gasteiger partial charge is 0.398 e. The maximum absolute atomic E-state index is 12.0. The number of benzene rings is 1. The van der Waals surface area contributed by atoms with E-state index in [0.717, 1.165) is 4.90 Å². The summed E-state index contributed by atoms with van der Waals surface area (Å²) in [5.41, 5.74) is 5.97. The Morgan fingerprint density at radius 1 is 1.39 bits per heavy atom. The molecule has 1 aliphatic heterocycles. The second-order valence-corrected chi connectivity index (χ2v) is 5.16. The molecule has 18 heavy (non-hydrogen) atoms. The number of anilines is 1. The molecule has 0 aliphatic carbocycles. The van der Waals surface area contributed by atoms with Gasteiger partial charge in [-0.2, -0.15) is 0 Å². The minimum atomic E-state index is -0.882. The fourth-order valence-electron chi connectivity index (χ4n) is 1.86. The summed E-state index contributed by atoms with van der Waals surface area (Å²) in [6, 6.07) is 4.66. The molecule has 1 saturated heterocycles. The average Bonchev–Trinajstić information content (AvgIpc) is 2.45. The van der Waals surface area contributed by atoms with Crippen LogP contribution in [0.15, 0.2) is 18.2 Å². The van der Waals surface area contributed by atoms with E-state index in [1.807, 2.05) is 0 Å². The van der Waals surface area contributed by atoms with Crippen LogP contribution in [0.25, 0.3) is 0 Å². The number of nitrogens with one attached hydrogen (secondary N) is 1. The van der Waals surface area contributed by atoms with Crippen molar-refractivity contribution in [3.05, 3.63) is 28.8 Å². The SMILES string of the molecule is CC1(C)NC(=O)N(Cc2c(N)cccc2Cl)C1=O. The van der Waals surface area contributed by atoms with Gasteiger partial charge in [-0.15, -0.1) is 0 Å². The number of amides is 3. The lowest BCUT2D eigenvalue weighted by Crippen LogP contribution is -2.40. The Kier molecular flexibility index (Phi) is 2.94. The maximum atomic E-state index is 12.0. The van der Waals surface area contributed by atoms with Crippen molar-refractivity contribution < 1.29 is 9.59 Å². The minimum absolute atomic E-state index is 0.0829. The molecule has 2 rings (SSSR count). The Morgan fingerprint density at radius 3 is 2.56 bits per heavy atom. The van der Waals surface area contributed by atoms with Crippen LogP contribution in [0.1, 0.15) is 19.4 Å². The summed E-state index contributed by atoms with van der Waals surface area (Å²) in [5, 5.41) is 3.05. The van der Waals surface area contributed by atoms with Crippen LogP contribution in [0.4, 0.5) is 10.5 Å². The van der Waals surface area contributed by atoms with E-state index in [9.17, 15) is 9.59 Å². The molecule has 1 aromatic rings. The summed E-state index contributed by atoms with van der Waals surface area (Å²) in [5.74, 6) is -0.285. The monoisotopic (exact) mass is 267 g/mol.